The first kappa shape index (κ1) is 40.8. The number of ketones is 2. The lowest BCUT2D eigenvalue weighted by molar-refractivity contribution is -0.139. The number of halogens is 1. The minimum atomic E-state index is -1.02. The third kappa shape index (κ3) is 11.4. The highest BCUT2D eigenvalue weighted by Gasteiger charge is 2.43. The maximum atomic E-state index is 14.6. The number of Topliss-reactive ketones (excluding diaryl/α,β-unsaturated/α-hetero) is 2. The van der Waals surface area contributed by atoms with Crippen LogP contribution in [0.1, 0.15) is 92.4 Å². The fourth-order valence-electron chi connectivity index (χ4n) is 7.49. The van der Waals surface area contributed by atoms with Crippen molar-refractivity contribution in [2.45, 2.75) is 102 Å². The molecule has 6 rings (SSSR count). The number of nitrogens with zero attached hydrogens (tertiary/aromatic N) is 2. The Kier molecular flexibility index (Phi) is 14.8. The molecule has 1 aliphatic heterocycles. The van der Waals surface area contributed by atoms with Gasteiger partial charge in [0.05, 0.1) is 18.8 Å². The molecule has 2 amide bonds. The van der Waals surface area contributed by atoms with Crippen LogP contribution < -0.4 is 11.1 Å². The van der Waals surface area contributed by atoms with E-state index in [1.165, 1.54) is 4.90 Å². The maximum Gasteiger partial charge on any atom is 0.408 e. The van der Waals surface area contributed by atoms with Crippen molar-refractivity contribution in [1.29, 1.82) is 0 Å². The molecule has 2 aliphatic rings. The second kappa shape index (κ2) is 20.4. The van der Waals surface area contributed by atoms with E-state index in [-0.39, 0.29) is 56.0 Å². The smallest absolute Gasteiger partial charge is 0.408 e. The van der Waals surface area contributed by atoms with E-state index < -0.39 is 36.1 Å². The summed E-state index contributed by atoms with van der Waals surface area (Å²) >= 11 is 6.10. The summed E-state index contributed by atoms with van der Waals surface area (Å²) in [5, 5.41) is 3.44. The molecular formula is C44H51ClN4O7. The van der Waals surface area contributed by atoms with Crippen LogP contribution in [0.4, 0.5) is 4.79 Å². The highest BCUT2D eigenvalue weighted by Crippen LogP contribution is 2.29. The molecule has 4 atom stereocenters. The number of benzene rings is 3. The predicted molar refractivity (Wildman–Crippen MR) is 215 cm³/mol. The van der Waals surface area contributed by atoms with Gasteiger partial charge in [0, 0.05) is 30.3 Å². The summed E-state index contributed by atoms with van der Waals surface area (Å²) in [6, 6.07) is 22.2. The standard InChI is InChI=1S/C44H51ClN4O7/c45-33-23-21-31(22-24-33)29-54-35-27-38(39(50)26-32(15-9-10-25-46)41(51)42-47-36-18-7-8-20-40(36)56-42)49(28-35)43(52)37(19-11-14-30-12-3-1-4-13-30)48-44(53)55-34-16-5-2-6-17-34/h1,3-4,7-8,11-14,18,20-24,32,34-35,37-38H,2,5-6,9-10,15-17,19,25-29,46H2,(H,48,53)/b14-11+/t32-,35-,37-,38+/m1/s1. The summed E-state index contributed by atoms with van der Waals surface area (Å²) in [4.78, 5) is 62.2. The molecule has 1 saturated carbocycles. The van der Waals surface area contributed by atoms with Crippen LogP contribution in [0, 0.1) is 5.92 Å². The van der Waals surface area contributed by atoms with Crippen LogP contribution in [0.25, 0.3) is 17.2 Å². The van der Waals surface area contributed by atoms with Crippen LogP contribution in [-0.4, -0.2) is 70.8 Å². The number of aromatic nitrogens is 1. The van der Waals surface area contributed by atoms with E-state index in [1.54, 1.807) is 30.3 Å². The number of oxazole rings is 1. The van der Waals surface area contributed by atoms with Gasteiger partial charge in [-0.1, -0.05) is 91.2 Å². The SMILES string of the molecule is NCCCC[C@H](CC(=O)[C@@H]1C[C@@H](OCc2ccc(Cl)cc2)CN1C(=O)[C@@H](C/C=C/c1ccccc1)NC(=O)OC1CCCCC1)C(=O)c1nc2ccccc2o1. The van der Waals surface area contributed by atoms with Crippen molar-refractivity contribution in [1.82, 2.24) is 15.2 Å². The molecule has 296 valence electrons. The lowest BCUT2D eigenvalue weighted by Gasteiger charge is -2.29. The Hall–Kier alpha value is -4.84. The first-order valence-corrected chi connectivity index (χ1v) is 20.1. The largest absolute Gasteiger partial charge is 0.446 e. The molecule has 56 heavy (non-hydrogen) atoms. The van der Waals surface area contributed by atoms with Crippen LogP contribution in [0.3, 0.4) is 0 Å². The monoisotopic (exact) mass is 782 g/mol. The quantitative estimate of drug-likeness (QED) is 0.0753. The Labute approximate surface area is 332 Å². The van der Waals surface area contributed by atoms with Gasteiger partial charge in [-0.15, -0.1) is 0 Å². The number of rotatable bonds is 18. The summed E-state index contributed by atoms with van der Waals surface area (Å²) < 4.78 is 17.9. The third-order valence-electron chi connectivity index (χ3n) is 10.5. The normalized spacial score (nSPS) is 18.6. The minimum absolute atomic E-state index is 0.0498. The van der Waals surface area contributed by atoms with Gasteiger partial charge in [0.25, 0.3) is 5.89 Å². The van der Waals surface area contributed by atoms with Gasteiger partial charge in [0.2, 0.25) is 11.7 Å². The van der Waals surface area contributed by atoms with Gasteiger partial charge < -0.3 is 29.8 Å². The van der Waals surface area contributed by atoms with Crippen LogP contribution in [0.15, 0.2) is 89.4 Å². The van der Waals surface area contributed by atoms with E-state index in [0.717, 1.165) is 43.2 Å². The zero-order chi connectivity index (χ0) is 39.3. The number of amides is 2. The Bertz CT molecular complexity index is 1910. The van der Waals surface area contributed by atoms with Crippen molar-refractivity contribution in [3.05, 3.63) is 107 Å². The van der Waals surface area contributed by atoms with E-state index in [4.69, 9.17) is 31.2 Å². The van der Waals surface area contributed by atoms with E-state index in [1.807, 2.05) is 60.7 Å². The summed E-state index contributed by atoms with van der Waals surface area (Å²) in [6.45, 7) is 0.821. The summed E-state index contributed by atoms with van der Waals surface area (Å²) in [7, 11) is 0. The van der Waals surface area contributed by atoms with Crippen molar-refractivity contribution < 1.29 is 33.1 Å². The molecule has 1 aromatic heterocycles. The Morgan fingerprint density at radius 1 is 0.946 bits per heavy atom. The van der Waals surface area contributed by atoms with Gasteiger partial charge in [-0.25, -0.2) is 9.78 Å². The summed E-state index contributed by atoms with van der Waals surface area (Å²) in [5.74, 6) is -1.85. The first-order chi connectivity index (χ1) is 27.3. The molecule has 3 aromatic carbocycles. The Morgan fingerprint density at radius 2 is 1.70 bits per heavy atom. The summed E-state index contributed by atoms with van der Waals surface area (Å²) in [5.41, 5.74) is 8.66. The number of ether oxygens (including phenoxy) is 2. The molecule has 2 heterocycles. The van der Waals surface area contributed by atoms with Crippen LogP contribution in [-0.2, 0) is 25.7 Å². The van der Waals surface area contributed by atoms with Crippen LogP contribution in [0.2, 0.25) is 5.02 Å². The molecule has 0 radical (unpaired) electrons. The highest BCUT2D eigenvalue weighted by molar-refractivity contribution is 6.30. The fourth-order valence-corrected chi connectivity index (χ4v) is 7.62. The number of alkyl carbamates (subject to hydrolysis) is 1. The van der Waals surface area contributed by atoms with Gasteiger partial charge in [-0.05, 0) is 86.9 Å². The van der Waals surface area contributed by atoms with Crippen LogP contribution >= 0.6 is 11.6 Å². The fraction of sp³-hybridized carbons (Fsp3) is 0.432. The van der Waals surface area contributed by atoms with Gasteiger partial charge in [0.15, 0.2) is 11.4 Å². The number of hydrogen-bond donors (Lipinski definition) is 2. The van der Waals surface area contributed by atoms with E-state index >= 15 is 0 Å². The molecular weight excluding hydrogens is 732 g/mol. The number of carbonyl (C=O) groups is 4. The molecule has 0 spiro atoms. The molecule has 1 saturated heterocycles. The molecule has 2 fully saturated rings. The molecule has 0 unspecified atom stereocenters. The molecule has 11 nitrogen and oxygen atoms in total. The number of hydrogen-bond acceptors (Lipinski definition) is 9. The molecule has 3 N–H and O–H groups in total. The van der Waals surface area contributed by atoms with Crippen molar-refractivity contribution >= 4 is 52.3 Å². The third-order valence-corrected chi connectivity index (χ3v) is 10.8. The number of carbonyl (C=O) groups excluding carboxylic acids is 4. The van der Waals surface area contributed by atoms with Crippen molar-refractivity contribution in [3.8, 4) is 0 Å². The van der Waals surface area contributed by atoms with Gasteiger partial charge in [-0.2, -0.15) is 0 Å². The predicted octanol–water partition coefficient (Wildman–Crippen LogP) is 8.09. The van der Waals surface area contributed by atoms with Crippen molar-refractivity contribution in [2.24, 2.45) is 11.7 Å². The van der Waals surface area contributed by atoms with Crippen molar-refractivity contribution in [2.75, 3.05) is 13.1 Å². The number of nitrogens with two attached hydrogens (primary N) is 1. The number of likely N-dealkylation sites (tertiary alicyclic amines) is 1. The lowest BCUT2D eigenvalue weighted by Crippen LogP contribution is -2.52. The van der Waals surface area contributed by atoms with E-state index in [0.29, 0.717) is 41.9 Å². The van der Waals surface area contributed by atoms with Crippen molar-refractivity contribution in [3.63, 3.8) is 0 Å². The van der Waals surface area contributed by atoms with Gasteiger partial charge in [0.1, 0.15) is 17.7 Å². The molecule has 1 aliphatic carbocycles. The zero-order valence-electron chi connectivity index (χ0n) is 31.7. The molecule has 0 bridgehead atoms. The lowest BCUT2D eigenvalue weighted by atomic mass is 9.89. The molecule has 4 aromatic rings. The maximum absolute atomic E-state index is 14.6. The zero-order valence-corrected chi connectivity index (χ0v) is 32.4. The number of unbranched alkanes of at least 4 members (excludes halogenated alkanes) is 1. The Balaban J connectivity index is 1.24. The topological polar surface area (TPSA) is 154 Å². The summed E-state index contributed by atoms with van der Waals surface area (Å²) in [6.07, 6.45) is 8.99. The van der Waals surface area contributed by atoms with Gasteiger partial charge in [-0.3, -0.25) is 14.4 Å². The Morgan fingerprint density at radius 3 is 2.45 bits per heavy atom. The highest BCUT2D eigenvalue weighted by atomic mass is 35.5. The average molecular weight is 783 g/mol. The number of para-hydroxylation sites is 2. The van der Waals surface area contributed by atoms with Gasteiger partial charge >= 0.3 is 6.09 Å². The number of fused-ring (bicyclic) bond motifs is 1. The number of nitrogens with one attached hydrogen (secondary N) is 1. The van der Waals surface area contributed by atoms with E-state index in [2.05, 4.69) is 10.3 Å². The molecule has 12 heteroatoms. The average Bonchev–Trinajstić information content (AvgIpc) is 3.85. The first-order valence-electron chi connectivity index (χ1n) is 19.7. The van der Waals surface area contributed by atoms with Crippen LogP contribution in [0.5, 0.6) is 0 Å². The van der Waals surface area contributed by atoms with E-state index in [9.17, 15) is 19.2 Å². The second-order valence-corrected chi connectivity index (χ2v) is 15.2. The second-order valence-electron chi connectivity index (χ2n) is 14.7. The minimum Gasteiger partial charge on any atom is -0.446 e.